The van der Waals surface area contributed by atoms with Crippen LogP contribution in [0.2, 0.25) is 0 Å². The third-order valence-corrected chi connectivity index (χ3v) is 5.40. The van der Waals surface area contributed by atoms with Gasteiger partial charge in [-0.2, -0.15) is 0 Å². The first-order chi connectivity index (χ1) is 14.5. The van der Waals surface area contributed by atoms with Crippen molar-refractivity contribution in [1.29, 1.82) is 0 Å². The Morgan fingerprint density at radius 1 is 1.27 bits per heavy atom. The first-order valence-corrected chi connectivity index (χ1v) is 10.6. The zero-order valence-corrected chi connectivity index (χ0v) is 18.2. The smallest absolute Gasteiger partial charge is 0.335 e. The van der Waals surface area contributed by atoms with Gasteiger partial charge in [-0.15, -0.1) is 6.58 Å². The molecule has 3 atom stereocenters. The third-order valence-electron chi connectivity index (χ3n) is 4.41. The number of rotatable bonds is 8. The van der Waals surface area contributed by atoms with Crippen LogP contribution in [-0.2, 0) is 9.47 Å². The second-order valence-corrected chi connectivity index (χ2v) is 8.05. The molecule has 7 nitrogen and oxygen atoms in total. The van der Waals surface area contributed by atoms with Crippen molar-refractivity contribution < 1.29 is 19.4 Å². The van der Waals surface area contributed by atoms with Gasteiger partial charge in [-0.05, 0) is 45.1 Å². The van der Waals surface area contributed by atoms with E-state index < -0.39 is 5.97 Å². The molecule has 162 valence electrons. The first-order valence-electron chi connectivity index (χ1n) is 9.72. The monoisotopic (exact) mass is 431 g/mol. The van der Waals surface area contributed by atoms with Crippen LogP contribution in [0, 0.1) is 0 Å². The van der Waals surface area contributed by atoms with Gasteiger partial charge < -0.3 is 19.5 Å². The molecule has 1 aromatic carbocycles. The SMILES string of the molecule is C=CCOCC1CC(N(C)C)CC(Sc2ncccn2)O1.O=C(O)c1ccccc1. The lowest BCUT2D eigenvalue weighted by atomic mass is 10.0. The van der Waals surface area contributed by atoms with Crippen molar-refractivity contribution in [2.24, 2.45) is 0 Å². The standard InChI is InChI=1S/C15H23N3O2S.C7H6O2/c1-4-8-19-11-13-9-12(18(2)3)10-14(20-13)21-15-16-6-5-7-17-15;8-7(9)6-4-2-1-3-5-6/h4-7,12-14H,1,8-11H2,2-3H3;1-5H,(H,8,9). The Balaban J connectivity index is 0.000000297. The summed E-state index contributed by atoms with van der Waals surface area (Å²) in [6, 6.07) is 10.6. The summed E-state index contributed by atoms with van der Waals surface area (Å²) in [6.45, 7) is 4.82. The van der Waals surface area contributed by atoms with Gasteiger partial charge in [-0.3, -0.25) is 0 Å². The van der Waals surface area contributed by atoms with Gasteiger partial charge >= 0.3 is 5.97 Å². The Hall–Kier alpha value is -2.26. The lowest BCUT2D eigenvalue weighted by molar-refractivity contribution is -0.0710. The molecule has 0 radical (unpaired) electrons. The fraction of sp³-hybridized carbons (Fsp3) is 0.409. The largest absolute Gasteiger partial charge is 0.478 e. The lowest BCUT2D eigenvalue weighted by Crippen LogP contribution is -2.43. The van der Waals surface area contributed by atoms with E-state index in [0.717, 1.165) is 18.0 Å². The molecule has 3 rings (SSSR count). The molecule has 0 aliphatic carbocycles. The van der Waals surface area contributed by atoms with Crippen molar-refractivity contribution >= 4 is 17.7 Å². The highest BCUT2D eigenvalue weighted by Gasteiger charge is 2.31. The fourth-order valence-electron chi connectivity index (χ4n) is 2.88. The minimum atomic E-state index is -0.879. The number of aromatic nitrogens is 2. The second kappa shape index (κ2) is 13.1. The summed E-state index contributed by atoms with van der Waals surface area (Å²) in [7, 11) is 4.22. The highest BCUT2D eigenvalue weighted by Crippen LogP contribution is 2.32. The predicted molar refractivity (Wildman–Crippen MR) is 118 cm³/mol. The summed E-state index contributed by atoms with van der Waals surface area (Å²) >= 11 is 1.58. The van der Waals surface area contributed by atoms with Gasteiger partial charge in [0.15, 0.2) is 5.16 Å². The zero-order chi connectivity index (χ0) is 21.8. The van der Waals surface area contributed by atoms with Crippen molar-refractivity contribution in [3.63, 3.8) is 0 Å². The molecule has 1 aliphatic heterocycles. The van der Waals surface area contributed by atoms with Gasteiger partial charge in [0.25, 0.3) is 0 Å². The van der Waals surface area contributed by atoms with Crippen LogP contribution in [0.15, 0.2) is 66.6 Å². The molecular formula is C22H29N3O4S. The van der Waals surface area contributed by atoms with Crippen LogP contribution in [0.25, 0.3) is 0 Å². The molecule has 0 bridgehead atoms. The van der Waals surface area contributed by atoms with Crippen LogP contribution in [0.1, 0.15) is 23.2 Å². The average molecular weight is 432 g/mol. The first kappa shape index (κ1) is 24.0. The van der Waals surface area contributed by atoms with Crippen LogP contribution >= 0.6 is 11.8 Å². The summed E-state index contributed by atoms with van der Waals surface area (Å²) in [5.41, 5.74) is 0.392. The number of nitrogens with zero attached hydrogens (tertiary/aromatic N) is 3. The van der Waals surface area contributed by atoms with E-state index in [1.54, 1.807) is 60.6 Å². The minimum absolute atomic E-state index is 0.0610. The number of carboxylic acids is 1. The van der Waals surface area contributed by atoms with E-state index in [2.05, 4.69) is 35.5 Å². The fourth-order valence-corrected chi connectivity index (χ4v) is 3.89. The highest BCUT2D eigenvalue weighted by atomic mass is 32.2. The van der Waals surface area contributed by atoms with Gasteiger partial charge in [0.1, 0.15) is 5.44 Å². The molecule has 30 heavy (non-hydrogen) atoms. The molecule has 1 aromatic heterocycles. The molecule has 8 heteroatoms. The number of hydrogen-bond acceptors (Lipinski definition) is 7. The number of hydrogen-bond donors (Lipinski definition) is 1. The number of benzene rings is 1. The highest BCUT2D eigenvalue weighted by molar-refractivity contribution is 7.99. The maximum atomic E-state index is 10.2. The lowest BCUT2D eigenvalue weighted by Gasteiger charge is -2.37. The topological polar surface area (TPSA) is 84.8 Å². The van der Waals surface area contributed by atoms with Crippen molar-refractivity contribution in [1.82, 2.24) is 14.9 Å². The molecule has 2 heterocycles. The van der Waals surface area contributed by atoms with E-state index in [-0.39, 0.29) is 11.5 Å². The Kier molecular flexibility index (Phi) is 10.5. The number of ether oxygens (including phenoxy) is 2. The summed E-state index contributed by atoms with van der Waals surface area (Å²) in [4.78, 5) is 21.0. The van der Waals surface area contributed by atoms with Crippen LogP contribution < -0.4 is 0 Å². The van der Waals surface area contributed by atoms with E-state index in [0.29, 0.717) is 24.8 Å². The average Bonchev–Trinajstić information content (AvgIpc) is 2.75. The molecule has 3 unspecified atom stereocenters. The van der Waals surface area contributed by atoms with Crippen molar-refractivity contribution in [3.8, 4) is 0 Å². The molecule has 0 spiro atoms. The van der Waals surface area contributed by atoms with Crippen molar-refractivity contribution in [3.05, 3.63) is 67.0 Å². The summed E-state index contributed by atoms with van der Waals surface area (Å²) in [6.07, 6.45) is 7.33. The van der Waals surface area contributed by atoms with E-state index in [1.807, 2.05) is 6.07 Å². The van der Waals surface area contributed by atoms with Gasteiger partial charge in [-0.1, -0.05) is 36.0 Å². The van der Waals surface area contributed by atoms with Crippen LogP contribution in [-0.4, -0.2) is 70.8 Å². The van der Waals surface area contributed by atoms with E-state index in [4.69, 9.17) is 14.6 Å². The summed E-state index contributed by atoms with van der Waals surface area (Å²) in [5, 5.41) is 9.14. The van der Waals surface area contributed by atoms with Gasteiger partial charge in [0.05, 0.1) is 24.9 Å². The maximum absolute atomic E-state index is 10.2. The van der Waals surface area contributed by atoms with Gasteiger partial charge in [0.2, 0.25) is 0 Å². The zero-order valence-electron chi connectivity index (χ0n) is 17.4. The number of thioether (sulfide) groups is 1. The maximum Gasteiger partial charge on any atom is 0.335 e. The third kappa shape index (κ3) is 8.62. The van der Waals surface area contributed by atoms with Gasteiger partial charge in [-0.25, -0.2) is 14.8 Å². The van der Waals surface area contributed by atoms with E-state index in [1.165, 1.54) is 0 Å². The molecule has 0 amide bonds. The quantitative estimate of drug-likeness (QED) is 0.386. The number of carboxylic acid groups (broad SMARTS) is 1. The number of aromatic carboxylic acids is 1. The molecule has 1 N–H and O–H groups in total. The summed E-state index contributed by atoms with van der Waals surface area (Å²) < 4.78 is 11.7. The van der Waals surface area contributed by atoms with Crippen LogP contribution in [0.4, 0.5) is 0 Å². The van der Waals surface area contributed by atoms with Crippen LogP contribution in [0.3, 0.4) is 0 Å². The Morgan fingerprint density at radius 3 is 2.53 bits per heavy atom. The van der Waals surface area contributed by atoms with Crippen molar-refractivity contribution in [2.45, 2.75) is 35.6 Å². The molecule has 1 fully saturated rings. The molecular weight excluding hydrogens is 402 g/mol. The Labute approximate surface area is 182 Å². The molecule has 1 aliphatic rings. The molecule has 1 saturated heterocycles. The normalized spacial score (nSPS) is 20.8. The van der Waals surface area contributed by atoms with E-state index >= 15 is 0 Å². The second-order valence-electron chi connectivity index (χ2n) is 6.92. The van der Waals surface area contributed by atoms with Crippen LogP contribution in [0.5, 0.6) is 0 Å². The van der Waals surface area contributed by atoms with Crippen molar-refractivity contribution in [2.75, 3.05) is 27.3 Å². The molecule has 0 saturated carbocycles. The number of carbonyl (C=O) groups is 1. The summed E-state index contributed by atoms with van der Waals surface area (Å²) in [5.74, 6) is -0.879. The predicted octanol–water partition coefficient (Wildman–Crippen LogP) is 3.59. The molecule has 2 aromatic rings. The Morgan fingerprint density at radius 2 is 1.97 bits per heavy atom. The van der Waals surface area contributed by atoms with E-state index in [9.17, 15) is 4.79 Å². The minimum Gasteiger partial charge on any atom is -0.478 e. The Bertz CT molecular complexity index is 761. The van der Waals surface area contributed by atoms with Gasteiger partial charge in [0, 0.05) is 18.4 Å².